The fourth-order valence-corrected chi connectivity index (χ4v) is 4.78. The number of Topliss-reactive ketones (excluding diaryl/α,β-unsaturated/α-hetero) is 1. The normalized spacial score (nSPS) is 12.1. The number of rotatable bonds is 5. The van der Waals surface area contributed by atoms with Crippen molar-refractivity contribution in [1.29, 1.82) is 0 Å². The summed E-state index contributed by atoms with van der Waals surface area (Å²) in [4.78, 5) is 12.5. The van der Waals surface area contributed by atoms with Gasteiger partial charge in [-0.2, -0.15) is 0 Å². The molecule has 0 bridgehead atoms. The minimum absolute atomic E-state index is 0.104. The number of nitrogens with zero attached hydrogens (tertiary/aromatic N) is 2. The molecule has 0 saturated carbocycles. The first kappa shape index (κ1) is 17.1. The average molecular weight is 373 g/mol. The maximum absolute atomic E-state index is 12.5. The molecule has 122 valence electrons. The monoisotopic (exact) mass is 372 g/mol. The van der Waals surface area contributed by atoms with Crippen molar-refractivity contribution >= 4 is 41.1 Å². The molecule has 0 amide bonds. The maximum Gasteiger partial charge on any atom is 0.184 e. The van der Waals surface area contributed by atoms with E-state index in [0.717, 1.165) is 21.2 Å². The van der Waals surface area contributed by atoms with E-state index in [9.17, 15) is 4.79 Å². The summed E-state index contributed by atoms with van der Waals surface area (Å²) in [6.07, 6.45) is 0. The highest BCUT2D eigenvalue weighted by molar-refractivity contribution is 8.02. The third-order valence-electron chi connectivity index (χ3n) is 3.51. The summed E-state index contributed by atoms with van der Waals surface area (Å²) in [6.45, 7) is 3.92. The third-order valence-corrected chi connectivity index (χ3v) is 5.93. The largest absolute Gasteiger partial charge is 0.293 e. The zero-order valence-corrected chi connectivity index (χ0v) is 15.8. The van der Waals surface area contributed by atoms with Crippen molar-refractivity contribution in [1.82, 2.24) is 9.78 Å². The van der Waals surface area contributed by atoms with Crippen LogP contribution in [0.15, 0.2) is 58.9 Å². The Bertz CT molecular complexity index is 898. The lowest BCUT2D eigenvalue weighted by molar-refractivity contribution is 0.0994. The van der Waals surface area contributed by atoms with E-state index in [2.05, 4.69) is 5.10 Å². The van der Waals surface area contributed by atoms with Crippen LogP contribution in [-0.4, -0.2) is 20.8 Å². The fourth-order valence-electron chi connectivity index (χ4n) is 2.20. The first-order valence-electron chi connectivity index (χ1n) is 7.48. The lowest BCUT2D eigenvalue weighted by Gasteiger charge is -2.08. The van der Waals surface area contributed by atoms with Gasteiger partial charge in [0, 0.05) is 5.56 Å². The molecule has 6 heteroatoms. The summed E-state index contributed by atoms with van der Waals surface area (Å²) in [7, 11) is 0. The number of carbonyl (C=O) groups excluding carboxylic acids is 1. The van der Waals surface area contributed by atoms with Crippen molar-refractivity contribution in [2.24, 2.45) is 0 Å². The van der Waals surface area contributed by atoms with Crippen LogP contribution in [0.5, 0.6) is 0 Å². The fraction of sp³-hybridized carbons (Fsp3) is 0.167. The zero-order valence-electron chi connectivity index (χ0n) is 13.3. The number of hydrogen-bond acceptors (Lipinski definition) is 5. The summed E-state index contributed by atoms with van der Waals surface area (Å²) in [5, 5.41) is 4.34. The van der Waals surface area contributed by atoms with Gasteiger partial charge in [-0.1, -0.05) is 71.1 Å². The van der Waals surface area contributed by atoms with Gasteiger partial charge in [-0.15, -0.1) is 5.10 Å². The second-order valence-electron chi connectivity index (χ2n) is 5.37. The molecule has 0 N–H and O–H groups in total. The number of ketones is 1. The van der Waals surface area contributed by atoms with Gasteiger partial charge >= 0.3 is 0 Å². The van der Waals surface area contributed by atoms with Crippen molar-refractivity contribution in [3.63, 3.8) is 0 Å². The van der Waals surface area contributed by atoms with E-state index in [1.54, 1.807) is 4.68 Å². The summed E-state index contributed by atoms with van der Waals surface area (Å²) in [6, 6.07) is 17.4. The topological polar surface area (TPSA) is 34.9 Å². The Morgan fingerprint density at radius 2 is 1.83 bits per heavy atom. The van der Waals surface area contributed by atoms with Crippen LogP contribution in [0.1, 0.15) is 22.8 Å². The number of aromatic nitrogens is 2. The Labute approximate surface area is 154 Å². The van der Waals surface area contributed by atoms with E-state index in [1.807, 2.05) is 68.4 Å². The standard InChI is InChI=1S/C18H16N2OS3/c1-12-8-10-14(11-9-12)16(21)13(2)23-17-19-20(18(22)24-17)15-6-4-3-5-7-15/h3-11,13H,1-2H3/t13-/m1/s1. The molecule has 0 aliphatic carbocycles. The molecule has 0 aliphatic rings. The highest BCUT2D eigenvalue weighted by atomic mass is 32.2. The molecule has 0 spiro atoms. The minimum atomic E-state index is -0.211. The van der Waals surface area contributed by atoms with Gasteiger partial charge in [-0.3, -0.25) is 4.79 Å². The van der Waals surface area contributed by atoms with Gasteiger partial charge in [0.25, 0.3) is 0 Å². The van der Waals surface area contributed by atoms with E-state index in [0.29, 0.717) is 3.95 Å². The van der Waals surface area contributed by atoms with Crippen LogP contribution < -0.4 is 0 Å². The van der Waals surface area contributed by atoms with Crippen LogP contribution in [0.4, 0.5) is 0 Å². The molecule has 0 saturated heterocycles. The zero-order chi connectivity index (χ0) is 17.1. The molecule has 3 nitrogen and oxygen atoms in total. The van der Waals surface area contributed by atoms with Gasteiger partial charge in [0.05, 0.1) is 10.9 Å². The van der Waals surface area contributed by atoms with Gasteiger partial charge in [0.15, 0.2) is 14.1 Å². The first-order chi connectivity index (χ1) is 11.5. The van der Waals surface area contributed by atoms with Crippen LogP contribution in [-0.2, 0) is 0 Å². The molecule has 1 heterocycles. The molecule has 0 unspecified atom stereocenters. The molecule has 2 aromatic carbocycles. The molecule has 0 radical (unpaired) electrons. The van der Waals surface area contributed by atoms with Crippen molar-refractivity contribution in [3.05, 3.63) is 69.7 Å². The van der Waals surface area contributed by atoms with Crippen LogP contribution in [0.2, 0.25) is 0 Å². The van der Waals surface area contributed by atoms with E-state index in [4.69, 9.17) is 12.2 Å². The Balaban J connectivity index is 1.78. The number of thioether (sulfide) groups is 1. The van der Waals surface area contributed by atoms with Crippen LogP contribution in [0.3, 0.4) is 0 Å². The number of aryl methyl sites for hydroxylation is 1. The SMILES string of the molecule is Cc1ccc(C(=O)[C@@H](C)Sc2nn(-c3ccccc3)c(=S)s2)cc1. The first-order valence-corrected chi connectivity index (χ1v) is 9.58. The van der Waals surface area contributed by atoms with Crippen molar-refractivity contribution < 1.29 is 4.79 Å². The van der Waals surface area contributed by atoms with E-state index in [1.165, 1.54) is 23.1 Å². The summed E-state index contributed by atoms with van der Waals surface area (Å²) < 4.78 is 3.22. The Morgan fingerprint density at radius 1 is 1.17 bits per heavy atom. The third kappa shape index (κ3) is 3.83. The van der Waals surface area contributed by atoms with E-state index < -0.39 is 0 Å². The van der Waals surface area contributed by atoms with Crippen molar-refractivity contribution in [2.75, 3.05) is 0 Å². The molecule has 24 heavy (non-hydrogen) atoms. The summed E-state index contributed by atoms with van der Waals surface area (Å²) in [5.41, 5.74) is 2.81. The molecule has 0 aliphatic heterocycles. The summed E-state index contributed by atoms with van der Waals surface area (Å²) in [5.74, 6) is 0.104. The Morgan fingerprint density at radius 3 is 2.50 bits per heavy atom. The van der Waals surface area contributed by atoms with Crippen molar-refractivity contribution in [2.45, 2.75) is 23.4 Å². The highest BCUT2D eigenvalue weighted by Gasteiger charge is 2.19. The second-order valence-corrected chi connectivity index (χ2v) is 8.58. The maximum atomic E-state index is 12.5. The smallest absolute Gasteiger partial charge is 0.184 e. The molecule has 1 aromatic heterocycles. The second kappa shape index (κ2) is 7.42. The lowest BCUT2D eigenvalue weighted by Crippen LogP contribution is -2.13. The number of para-hydroxylation sites is 1. The van der Waals surface area contributed by atoms with E-state index >= 15 is 0 Å². The predicted molar refractivity (Wildman–Crippen MR) is 103 cm³/mol. The highest BCUT2D eigenvalue weighted by Crippen LogP contribution is 2.29. The van der Waals surface area contributed by atoms with Crippen LogP contribution >= 0.6 is 35.3 Å². The van der Waals surface area contributed by atoms with Crippen LogP contribution in [0, 0.1) is 10.9 Å². The molecule has 3 rings (SSSR count). The number of benzene rings is 2. The van der Waals surface area contributed by atoms with Crippen molar-refractivity contribution in [3.8, 4) is 5.69 Å². The molecular weight excluding hydrogens is 356 g/mol. The number of carbonyl (C=O) groups is 1. The predicted octanol–water partition coefficient (Wildman–Crippen LogP) is 5.34. The summed E-state index contributed by atoms with van der Waals surface area (Å²) >= 11 is 8.28. The molecule has 3 aromatic rings. The Hall–Kier alpha value is -1.76. The molecule has 1 atom stereocenters. The van der Waals surface area contributed by atoms with Crippen LogP contribution in [0.25, 0.3) is 5.69 Å². The van der Waals surface area contributed by atoms with E-state index in [-0.39, 0.29) is 11.0 Å². The van der Waals surface area contributed by atoms with Gasteiger partial charge in [0.1, 0.15) is 0 Å². The Kier molecular flexibility index (Phi) is 5.28. The molecule has 0 fully saturated rings. The number of hydrogen-bond donors (Lipinski definition) is 0. The van der Waals surface area contributed by atoms with Gasteiger partial charge in [-0.05, 0) is 38.2 Å². The molecular formula is C18H16N2OS3. The average Bonchev–Trinajstić information content (AvgIpc) is 2.96. The van der Waals surface area contributed by atoms with Gasteiger partial charge < -0.3 is 0 Å². The minimum Gasteiger partial charge on any atom is -0.293 e. The quantitative estimate of drug-likeness (QED) is 0.344. The van der Waals surface area contributed by atoms with Gasteiger partial charge in [0.2, 0.25) is 0 Å². The van der Waals surface area contributed by atoms with Gasteiger partial charge in [-0.25, -0.2) is 4.68 Å². The lowest BCUT2D eigenvalue weighted by atomic mass is 10.1.